The normalized spacial score (nSPS) is 10.0. The van der Waals surface area contributed by atoms with E-state index in [1.54, 1.807) is 42.5 Å². The Kier molecular flexibility index (Phi) is 5.68. The second-order valence-electron chi connectivity index (χ2n) is 4.78. The van der Waals surface area contributed by atoms with Gasteiger partial charge in [0.25, 0.3) is 0 Å². The Bertz CT molecular complexity index is 704. The second-order valence-corrected chi connectivity index (χ2v) is 4.78. The van der Waals surface area contributed by atoms with Gasteiger partial charge in [0.05, 0.1) is 7.11 Å². The first-order valence-electron chi connectivity index (χ1n) is 7.07. The Morgan fingerprint density at radius 2 is 1.87 bits per heavy atom. The van der Waals surface area contributed by atoms with Crippen molar-refractivity contribution < 1.29 is 18.7 Å². The van der Waals surface area contributed by atoms with Crippen molar-refractivity contribution in [3.05, 3.63) is 59.9 Å². The fourth-order valence-corrected chi connectivity index (χ4v) is 1.98. The molecule has 0 aliphatic heterocycles. The molecule has 2 N–H and O–H groups in total. The second kappa shape index (κ2) is 7.93. The summed E-state index contributed by atoms with van der Waals surface area (Å²) in [4.78, 5) is 23.5. The Balaban J connectivity index is 1.83. The van der Waals surface area contributed by atoms with Crippen LogP contribution in [0.5, 0.6) is 5.75 Å². The molecule has 0 bridgehead atoms. The van der Waals surface area contributed by atoms with Gasteiger partial charge < -0.3 is 15.4 Å². The molecule has 2 aromatic carbocycles. The van der Waals surface area contributed by atoms with Crippen LogP contribution in [-0.2, 0) is 16.0 Å². The van der Waals surface area contributed by atoms with Crippen LogP contribution in [0.15, 0.2) is 48.5 Å². The summed E-state index contributed by atoms with van der Waals surface area (Å²) in [6, 6.07) is 13.0. The fourth-order valence-electron chi connectivity index (χ4n) is 1.98. The Morgan fingerprint density at radius 3 is 2.61 bits per heavy atom. The molecule has 0 saturated carbocycles. The average Bonchev–Trinajstić information content (AvgIpc) is 2.56. The van der Waals surface area contributed by atoms with Gasteiger partial charge in [0.1, 0.15) is 11.6 Å². The molecule has 0 saturated heterocycles. The van der Waals surface area contributed by atoms with Gasteiger partial charge in [0.2, 0.25) is 0 Å². The maximum absolute atomic E-state index is 13.4. The van der Waals surface area contributed by atoms with Gasteiger partial charge in [-0.3, -0.25) is 9.59 Å². The third kappa shape index (κ3) is 4.81. The maximum Gasteiger partial charge on any atom is 0.313 e. The number of methoxy groups -OCH3 is 1. The van der Waals surface area contributed by atoms with Crippen molar-refractivity contribution in [3.8, 4) is 5.75 Å². The van der Waals surface area contributed by atoms with E-state index in [4.69, 9.17) is 4.74 Å². The lowest BCUT2D eigenvalue weighted by atomic mass is 10.1. The highest BCUT2D eigenvalue weighted by Crippen LogP contribution is 2.16. The number of amides is 2. The summed E-state index contributed by atoms with van der Waals surface area (Å²) in [5, 5.41) is 4.93. The number of carbonyl (C=O) groups excluding carboxylic acids is 2. The summed E-state index contributed by atoms with van der Waals surface area (Å²) < 4.78 is 18.5. The van der Waals surface area contributed by atoms with Gasteiger partial charge in [-0.15, -0.1) is 0 Å². The number of rotatable bonds is 5. The molecule has 0 fully saturated rings. The molecule has 0 heterocycles. The number of nitrogens with one attached hydrogen (secondary N) is 2. The third-order valence-corrected chi connectivity index (χ3v) is 3.17. The maximum atomic E-state index is 13.4. The molecule has 0 unspecified atom stereocenters. The van der Waals surface area contributed by atoms with Crippen molar-refractivity contribution in [1.82, 2.24) is 5.32 Å². The summed E-state index contributed by atoms with van der Waals surface area (Å²) in [6.07, 6.45) is 0.310. The Labute approximate surface area is 133 Å². The topological polar surface area (TPSA) is 67.4 Å². The molecule has 6 heteroatoms. The van der Waals surface area contributed by atoms with Crippen molar-refractivity contribution in [2.24, 2.45) is 0 Å². The molecule has 0 spiro atoms. The number of benzene rings is 2. The summed E-state index contributed by atoms with van der Waals surface area (Å²) in [6.45, 7) is 0.172. The zero-order chi connectivity index (χ0) is 16.7. The first kappa shape index (κ1) is 16.5. The minimum absolute atomic E-state index is 0.172. The molecule has 0 radical (unpaired) electrons. The first-order valence-corrected chi connectivity index (χ1v) is 7.07. The molecule has 0 atom stereocenters. The van der Waals surface area contributed by atoms with Crippen molar-refractivity contribution in [2.75, 3.05) is 19.0 Å². The van der Waals surface area contributed by atoms with Crippen LogP contribution in [0.1, 0.15) is 5.56 Å². The van der Waals surface area contributed by atoms with Crippen LogP contribution in [0.4, 0.5) is 10.1 Å². The van der Waals surface area contributed by atoms with Crippen LogP contribution in [0.25, 0.3) is 0 Å². The van der Waals surface area contributed by atoms with E-state index >= 15 is 0 Å². The highest BCUT2D eigenvalue weighted by molar-refractivity contribution is 6.39. The van der Waals surface area contributed by atoms with E-state index in [9.17, 15) is 14.0 Å². The van der Waals surface area contributed by atoms with Gasteiger partial charge >= 0.3 is 11.8 Å². The fraction of sp³-hybridized carbons (Fsp3) is 0.176. The van der Waals surface area contributed by atoms with Crippen molar-refractivity contribution >= 4 is 17.5 Å². The lowest BCUT2D eigenvalue weighted by Crippen LogP contribution is -2.36. The van der Waals surface area contributed by atoms with Crippen LogP contribution in [0.2, 0.25) is 0 Å². The molecular formula is C17H17FN2O3. The SMILES string of the molecule is COc1cccc(NC(=O)C(=O)NCCc2ccccc2F)c1. The van der Waals surface area contributed by atoms with Crippen molar-refractivity contribution in [1.29, 1.82) is 0 Å². The summed E-state index contributed by atoms with van der Waals surface area (Å²) in [5.41, 5.74) is 0.944. The highest BCUT2D eigenvalue weighted by atomic mass is 19.1. The van der Waals surface area contributed by atoms with Gasteiger partial charge in [-0.05, 0) is 30.2 Å². The molecule has 23 heavy (non-hydrogen) atoms. The van der Waals surface area contributed by atoms with Crippen LogP contribution in [0.3, 0.4) is 0 Å². The highest BCUT2D eigenvalue weighted by Gasteiger charge is 2.13. The number of halogens is 1. The Hall–Kier alpha value is -2.89. The predicted octanol–water partition coefficient (Wildman–Crippen LogP) is 2.13. The van der Waals surface area contributed by atoms with E-state index in [-0.39, 0.29) is 12.4 Å². The molecular weight excluding hydrogens is 299 g/mol. The number of anilines is 1. The lowest BCUT2D eigenvalue weighted by Gasteiger charge is -2.08. The molecule has 0 aromatic heterocycles. The molecule has 120 valence electrons. The minimum Gasteiger partial charge on any atom is -0.497 e. The van der Waals surface area contributed by atoms with Crippen molar-refractivity contribution in [2.45, 2.75) is 6.42 Å². The molecule has 5 nitrogen and oxygen atoms in total. The molecule has 2 aromatic rings. The standard InChI is InChI=1S/C17H17FN2O3/c1-23-14-7-4-6-13(11-14)20-17(22)16(21)19-10-9-12-5-2-3-8-15(12)18/h2-8,11H,9-10H2,1H3,(H,19,21)(H,20,22). The molecule has 2 rings (SSSR count). The molecule has 0 aliphatic carbocycles. The van der Waals surface area contributed by atoms with Gasteiger partial charge in [-0.25, -0.2) is 4.39 Å². The van der Waals surface area contributed by atoms with E-state index < -0.39 is 11.8 Å². The first-order chi connectivity index (χ1) is 11.1. The quantitative estimate of drug-likeness (QED) is 0.831. The van der Waals surface area contributed by atoms with E-state index in [0.717, 1.165) is 0 Å². The zero-order valence-corrected chi connectivity index (χ0v) is 12.6. The van der Waals surface area contributed by atoms with Gasteiger partial charge in [-0.2, -0.15) is 0 Å². The van der Waals surface area contributed by atoms with Gasteiger partial charge in [0.15, 0.2) is 0 Å². The number of hydrogen-bond acceptors (Lipinski definition) is 3. The van der Waals surface area contributed by atoms with E-state index in [2.05, 4.69) is 10.6 Å². The molecule has 0 aliphatic rings. The van der Waals surface area contributed by atoms with E-state index in [0.29, 0.717) is 23.4 Å². The van der Waals surface area contributed by atoms with Crippen LogP contribution < -0.4 is 15.4 Å². The number of carbonyl (C=O) groups is 2. The van der Waals surface area contributed by atoms with Crippen LogP contribution in [0, 0.1) is 5.82 Å². The zero-order valence-electron chi connectivity index (χ0n) is 12.6. The monoisotopic (exact) mass is 316 g/mol. The average molecular weight is 316 g/mol. The van der Waals surface area contributed by atoms with E-state index in [1.807, 2.05) is 0 Å². The van der Waals surface area contributed by atoms with Gasteiger partial charge in [0, 0.05) is 18.3 Å². The van der Waals surface area contributed by atoms with Gasteiger partial charge in [-0.1, -0.05) is 24.3 Å². The summed E-state index contributed by atoms with van der Waals surface area (Å²) in [5.74, 6) is -1.32. The number of hydrogen-bond donors (Lipinski definition) is 2. The van der Waals surface area contributed by atoms with Crippen LogP contribution >= 0.6 is 0 Å². The van der Waals surface area contributed by atoms with Crippen molar-refractivity contribution in [3.63, 3.8) is 0 Å². The number of ether oxygens (including phenoxy) is 1. The predicted molar refractivity (Wildman–Crippen MR) is 84.7 cm³/mol. The van der Waals surface area contributed by atoms with Crippen LogP contribution in [-0.4, -0.2) is 25.5 Å². The minimum atomic E-state index is -0.785. The largest absolute Gasteiger partial charge is 0.497 e. The lowest BCUT2D eigenvalue weighted by molar-refractivity contribution is -0.136. The summed E-state index contributed by atoms with van der Waals surface area (Å²) >= 11 is 0. The third-order valence-electron chi connectivity index (χ3n) is 3.17. The molecule has 2 amide bonds. The smallest absolute Gasteiger partial charge is 0.313 e. The Morgan fingerprint density at radius 1 is 1.09 bits per heavy atom. The summed E-state index contributed by atoms with van der Waals surface area (Å²) in [7, 11) is 1.51. The van der Waals surface area contributed by atoms with E-state index in [1.165, 1.54) is 13.2 Å².